The van der Waals surface area contributed by atoms with Gasteiger partial charge in [0.15, 0.2) is 0 Å². The Bertz CT molecular complexity index is 1080. The summed E-state index contributed by atoms with van der Waals surface area (Å²) < 4.78 is 5.52. The van der Waals surface area contributed by atoms with Crippen molar-refractivity contribution in [2.45, 2.75) is 110 Å². The predicted molar refractivity (Wildman–Crippen MR) is 159 cm³/mol. The van der Waals surface area contributed by atoms with Crippen LogP contribution in [-0.4, -0.2) is 130 Å². The molecule has 2 fully saturated rings. The number of esters is 1. The molecule has 0 aliphatic carbocycles. The van der Waals surface area contributed by atoms with E-state index in [0.29, 0.717) is 12.8 Å². The maximum atomic E-state index is 13.9. The van der Waals surface area contributed by atoms with Gasteiger partial charge in [-0.15, -0.1) is 0 Å². The zero-order valence-electron chi connectivity index (χ0n) is 27.4. The van der Waals surface area contributed by atoms with Crippen molar-refractivity contribution < 1.29 is 43.7 Å². The van der Waals surface area contributed by atoms with Crippen molar-refractivity contribution >= 4 is 35.5 Å². The number of cyclic esters (lactones) is 1. The minimum Gasteiger partial charge on any atom is -0.448 e. The third kappa shape index (κ3) is 8.26. The normalized spacial score (nSPS) is 31.0. The van der Waals surface area contributed by atoms with E-state index < -0.39 is 83.9 Å². The van der Waals surface area contributed by atoms with Gasteiger partial charge in [0.2, 0.25) is 29.7 Å². The highest BCUT2D eigenvalue weighted by Gasteiger charge is 2.45. The molecular formula is C30H51N5O9. The molecule has 0 saturated carbocycles. The Balaban J connectivity index is 2.62. The van der Waals surface area contributed by atoms with Gasteiger partial charge in [-0.25, -0.2) is 4.79 Å². The number of nitrogens with zero attached hydrogens (tertiary/aromatic N) is 3. The van der Waals surface area contributed by atoms with Crippen molar-refractivity contribution in [3.63, 3.8) is 0 Å². The van der Waals surface area contributed by atoms with Crippen molar-refractivity contribution in [3.05, 3.63) is 0 Å². The molecule has 2 saturated heterocycles. The van der Waals surface area contributed by atoms with Crippen LogP contribution in [0.15, 0.2) is 0 Å². The number of hydrogen-bond donors (Lipinski definition) is 4. The van der Waals surface area contributed by atoms with Crippen LogP contribution in [-0.2, 0) is 33.5 Å². The van der Waals surface area contributed by atoms with E-state index in [4.69, 9.17) is 4.74 Å². The molecule has 9 atom stereocenters. The lowest BCUT2D eigenvalue weighted by atomic mass is 9.94. The van der Waals surface area contributed by atoms with Crippen molar-refractivity contribution in [1.82, 2.24) is 25.3 Å². The van der Waals surface area contributed by atoms with Gasteiger partial charge < -0.3 is 40.3 Å². The number of nitrogens with one attached hydrogen (secondary N) is 2. The van der Waals surface area contributed by atoms with Crippen LogP contribution in [0.5, 0.6) is 0 Å². The Kier molecular flexibility index (Phi) is 13.1. The van der Waals surface area contributed by atoms with Crippen molar-refractivity contribution in [2.75, 3.05) is 27.2 Å². The van der Waals surface area contributed by atoms with Crippen LogP contribution in [0.4, 0.5) is 0 Å². The van der Waals surface area contributed by atoms with Crippen LogP contribution in [0.1, 0.15) is 67.7 Å². The van der Waals surface area contributed by atoms with Crippen LogP contribution in [0.2, 0.25) is 0 Å². The second-order valence-electron chi connectivity index (χ2n) is 12.6. The summed E-state index contributed by atoms with van der Waals surface area (Å²) in [5.74, 6) is -5.11. The zero-order valence-corrected chi connectivity index (χ0v) is 27.4. The van der Waals surface area contributed by atoms with Crippen LogP contribution in [0, 0.1) is 17.8 Å². The summed E-state index contributed by atoms with van der Waals surface area (Å²) in [6, 6.07) is -4.18. The molecule has 250 valence electrons. The molecule has 0 bridgehead atoms. The molecular weight excluding hydrogens is 574 g/mol. The molecule has 2 heterocycles. The summed E-state index contributed by atoms with van der Waals surface area (Å²) in [5, 5.41) is 26.2. The van der Waals surface area contributed by atoms with E-state index in [1.807, 2.05) is 6.92 Å². The monoisotopic (exact) mass is 625 g/mol. The third-order valence-electron chi connectivity index (χ3n) is 8.94. The average Bonchev–Trinajstić information content (AvgIpc) is 3.36. The van der Waals surface area contributed by atoms with E-state index >= 15 is 0 Å². The molecule has 14 heteroatoms. The zero-order chi connectivity index (χ0) is 33.6. The van der Waals surface area contributed by atoms with E-state index in [1.54, 1.807) is 34.6 Å². The number of amides is 5. The number of ether oxygens (including phenoxy) is 1. The minimum atomic E-state index is -1.90. The minimum absolute atomic E-state index is 0.0506. The standard InChI is InChI=1S/C30H51N5O9/c1-10-16(4)21-28(41)34(9)22(15(2)3)29(42)33(8)18(6)26(39)31-13-11-20(37)35-14-12-17(5)23(35)30(43)44-25(27(40)32-21)24(38)19(7)36/h15-19,21-25,36,38H,10-14H2,1-9H3,(H,31,39)(H,32,40)/t16-,17-,18-,19?,21-,22?,23-,24?,25-/m0/s1. The highest BCUT2D eigenvalue weighted by atomic mass is 16.6. The molecule has 4 N–H and O–H groups in total. The third-order valence-corrected chi connectivity index (χ3v) is 8.94. The number of carbonyl (C=O) groups excluding carboxylic acids is 6. The van der Waals surface area contributed by atoms with Gasteiger partial charge in [0.05, 0.1) is 6.10 Å². The first kappa shape index (κ1) is 36.9. The smallest absolute Gasteiger partial charge is 0.330 e. The molecule has 14 nitrogen and oxygen atoms in total. The van der Waals surface area contributed by atoms with Gasteiger partial charge in [0.25, 0.3) is 5.91 Å². The Morgan fingerprint density at radius 2 is 1.55 bits per heavy atom. The molecule has 3 unspecified atom stereocenters. The first-order valence-electron chi connectivity index (χ1n) is 15.4. The van der Waals surface area contributed by atoms with Gasteiger partial charge in [-0.1, -0.05) is 41.0 Å². The fourth-order valence-corrected chi connectivity index (χ4v) is 5.64. The highest BCUT2D eigenvalue weighted by molar-refractivity contribution is 5.95. The van der Waals surface area contributed by atoms with Gasteiger partial charge in [0.1, 0.15) is 30.3 Å². The van der Waals surface area contributed by atoms with E-state index in [2.05, 4.69) is 10.6 Å². The molecule has 0 aromatic heterocycles. The molecule has 0 radical (unpaired) electrons. The molecule has 2 aliphatic heterocycles. The Hall–Kier alpha value is -3.26. The molecule has 2 rings (SSSR count). The number of fused-ring (bicyclic) bond motifs is 1. The quantitative estimate of drug-likeness (QED) is 0.286. The number of rotatable bonds is 5. The van der Waals surface area contributed by atoms with E-state index in [-0.39, 0.29) is 31.3 Å². The average molecular weight is 626 g/mol. The summed E-state index contributed by atoms with van der Waals surface area (Å²) in [4.78, 5) is 84.7. The van der Waals surface area contributed by atoms with Gasteiger partial charge in [-0.2, -0.15) is 0 Å². The maximum absolute atomic E-state index is 13.9. The molecule has 44 heavy (non-hydrogen) atoms. The lowest BCUT2D eigenvalue weighted by Gasteiger charge is -2.38. The summed E-state index contributed by atoms with van der Waals surface area (Å²) in [6.07, 6.45) is -4.42. The van der Waals surface area contributed by atoms with Gasteiger partial charge in [0, 0.05) is 33.6 Å². The molecule has 5 amide bonds. The molecule has 0 aromatic rings. The lowest BCUT2D eigenvalue weighted by Crippen LogP contribution is -2.61. The predicted octanol–water partition coefficient (Wildman–Crippen LogP) is -0.742. The molecule has 0 aromatic carbocycles. The highest BCUT2D eigenvalue weighted by Crippen LogP contribution is 2.27. The SMILES string of the molecule is CC[C@H](C)[C@@H]1NC(=O)[C@H](C(O)C(C)O)OC(=O)[C@@H]2[C@@H](C)CCN2C(=O)CCNC(=O)[C@H](C)N(C)C(=O)C(C(C)C)N(C)C1=O. The number of hydrogen-bond acceptors (Lipinski definition) is 9. The van der Waals surface area contributed by atoms with E-state index in [0.717, 1.165) is 0 Å². The molecule has 2 aliphatic rings. The fourth-order valence-electron chi connectivity index (χ4n) is 5.64. The van der Waals surface area contributed by atoms with Gasteiger partial charge >= 0.3 is 5.97 Å². The van der Waals surface area contributed by atoms with Gasteiger partial charge in [-0.3, -0.25) is 24.0 Å². The second kappa shape index (κ2) is 15.6. The van der Waals surface area contributed by atoms with Crippen LogP contribution >= 0.6 is 0 Å². The number of aliphatic hydroxyl groups excluding tert-OH is 2. The van der Waals surface area contributed by atoms with Crippen LogP contribution in [0.3, 0.4) is 0 Å². The van der Waals surface area contributed by atoms with Crippen molar-refractivity contribution in [2.24, 2.45) is 17.8 Å². The summed E-state index contributed by atoms with van der Waals surface area (Å²) in [5.41, 5.74) is 0. The summed E-state index contributed by atoms with van der Waals surface area (Å²) in [6.45, 7) is 11.8. The fraction of sp³-hybridized carbons (Fsp3) is 0.800. The maximum Gasteiger partial charge on any atom is 0.330 e. The topological polar surface area (TPSA) is 186 Å². The largest absolute Gasteiger partial charge is 0.448 e. The Morgan fingerprint density at radius 3 is 2.09 bits per heavy atom. The lowest BCUT2D eigenvalue weighted by molar-refractivity contribution is -0.174. The first-order valence-corrected chi connectivity index (χ1v) is 15.4. The number of likely N-dealkylation sites (N-methyl/N-ethyl adjacent to an activating group) is 2. The van der Waals surface area contributed by atoms with Crippen LogP contribution < -0.4 is 10.6 Å². The van der Waals surface area contributed by atoms with Gasteiger partial charge in [-0.05, 0) is 38.0 Å². The second-order valence-corrected chi connectivity index (χ2v) is 12.6. The first-order chi connectivity index (χ1) is 20.5. The summed E-state index contributed by atoms with van der Waals surface area (Å²) in [7, 11) is 2.90. The molecule has 0 spiro atoms. The van der Waals surface area contributed by atoms with Crippen molar-refractivity contribution in [3.8, 4) is 0 Å². The number of carbonyl (C=O) groups is 6. The van der Waals surface area contributed by atoms with Crippen LogP contribution in [0.25, 0.3) is 0 Å². The number of aliphatic hydroxyl groups is 2. The Morgan fingerprint density at radius 1 is 0.932 bits per heavy atom. The Labute approximate surface area is 259 Å². The van der Waals surface area contributed by atoms with Crippen molar-refractivity contribution in [1.29, 1.82) is 0 Å². The van der Waals surface area contributed by atoms with E-state index in [1.165, 1.54) is 35.7 Å². The van der Waals surface area contributed by atoms with E-state index in [9.17, 15) is 39.0 Å². The summed E-state index contributed by atoms with van der Waals surface area (Å²) >= 11 is 0.